The molecule has 2 aliphatic carbocycles. The standard InChI is InChI=1S/C37H26N2/c1-37-21-7-9-24-8-6-12-29(35(24)37)34-30-22-25(17-20-31(30)38-36(34)37)23-15-18-26(19-16-23)39-32-13-4-2-10-27(32)28-11-3-5-14-33(28)39/h2-20,22,38H,21H2,1H3. The second-order valence-corrected chi connectivity index (χ2v) is 11.3. The Morgan fingerprint density at radius 3 is 2.18 bits per heavy atom. The fraction of sp³-hybridized carbons (Fsp3) is 0.0811. The molecule has 2 heterocycles. The van der Waals surface area contributed by atoms with Gasteiger partial charge in [-0.2, -0.15) is 0 Å². The minimum absolute atomic E-state index is 0.0130. The van der Waals surface area contributed by atoms with Crippen molar-refractivity contribution in [3.8, 4) is 27.9 Å². The number of hydrogen-bond donors (Lipinski definition) is 1. The SMILES string of the molecule is CC12CC=Cc3cccc(c31)-c1c2[nH]c2ccc(-c3ccc(-n4c5ccccc5c5ccccc54)cc3)cc12. The van der Waals surface area contributed by atoms with Gasteiger partial charge in [-0.15, -0.1) is 0 Å². The van der Waals surface area contributed by atoms with Crippen molar-refractivity contribution < 1.29 is 0 Å². The van der Waals surface area contributed by atoms with Crippen molar-refractivity contribution in [1.82, 2.24) is 9.55 Å². The highest BCUT2D eigenvalue weighted by Gasteiger charge is 2.43. The van der Waals surface area contributed by atoms with E-state index >= 15 is 0 Å². The molecule has 5 aromatic carbocycles. The smallest absolute Gasteiger partial charge is 0.0541 e. The summed E-state index contributed by atoms with van der Waals surface area (Å²) in [7, 11) is 0. The first kappa shape index (κ1) is 21.2. The third kappa shape index (κ3) is 2.71. The molecule has 9 rings (SSSR count). The number of nitrogens with one attached hydrogen (secondary N) is 1. The van der Waals surface area contributed by atoms with Crippen LogP contribution in [0.3, 0.4) is 0 Å². The van der Waals surface area contributed by atoms with Gasteiger partial charge >= 0.3 is 0 Å². The number of aromatic nitrogens is 2. The van der Waals surface area contributed by atoms with Crippen molar-refractivity contribution in [3.63, 3.8) is 0 Å². The molecule has 0 amide bonds. The Morgan fingerprint density at radius 2 is 1.41 bits per heavy atom. The van der Waals surface area contributed by atoms with Gasteiger partial charge in [-0.3, -0.25) is 0 Å². The summed E-state index contributed by atoms with van der Waals surface area (Å²) in [6, 6.07) is 40.1. The summed E-state index contributed by atoms with van der Waals surface area (Å²) in [4.78, 5) is 3.83. The number of H-pyrrole nitrogens is 1. The van der Waals surface area contributed by atoms with E-state index in [0.717, 1.165) is 6.42 Å². The van der Waals surface area contributed by atoms with Gasteiger partial charge in [0.25, 0.3) is 0 Å². The van der Waals surface area contributed by atoms with E-state index in [0.29, 0.717) is 0 Å². The Balaban J connectivity index is 1.19. The van der Waals surface area contributed by atoms with Gasteiger partial charge in [-0.1, -0.05) is 84.9 Å². The van der Waals surface area contributed by atoms with Crippen LogP contribution < -0.4 is 0 Å². The number of hydrogen-bond acceptors (Lipinski definition) is 0. The molecule has 0 spiro atoms. The van der Waals surface area contributed by atoms with Crippen LogP contribution in [0, 0.1) is 0 Å². The summed E-state index contributed by atoms with van der Waals surface area (Å²) < 4.78 is 2.38. The summed E-state index contributed by atoms with van der Waals surface area (Å²) in [5.41, 5.74) is 14.4. The van der Waals surface area contributed by atoms with Crippen LogP contribution in [0.1, 0.15) is 30.2 Å². The minimum atomic E-state index is 0.0130. The van der Waals surface area contributed by atoms with E-state index in [4.69, 9.17) is 0 Å². The molecule has 0 radical (unpaired) electrons. The number of aromatic amines is 1. The molecule has 0 bridgehead atoms. The van der Waals surface area contributed by atoms with Crippen molar-refractivity contribution in [2.24, 2.45) is 0 Å². The van der Waals surface area contributed by atoms with Crippen molar-refractivity contribution in [2.75, 3.05) is 0 Å². The number of para-hydroxylation sites is 2. The molecular weight excluding hydrogens is 472 g/mol. The second kappa shape index (κ2) is 7.39. The van der Waals surface area contributed by atoms with Crippen molar-refractivity contribution in [2.45, 2.75) is 18.8 Å². The number of fused-ring (bicyclic) bond motifs is 8. The molecule has 2 nitrogen and oxygen atoms in total. The van der Waals surface area contributed by atoms with Gasteiger partial charge in [0.2, 0.25) is 0 Å². The van der Waals surface area contributed by atoms with Crippen LogP contribution in [-0.4, -0.2) is 9.55 Å². The molecule has 0 saturated heterocycles. The predicted molar refractivity (Wildman–Crippen MR) is 164 cm³/mol. The zero-order valence-corrected chi connectivity index (χ0v) is 21.7. The Labute approximate surface area is 226 Å². The van der Waals surface area contributed by atoms with Crippen LogP contribution in [0.4, 0.5) is 0 Å². The van der Waals surface area contributed by atoms with Crippen LogP contribution in [0.5, 0.6) is 0 Å². The van der Waals surface area contributed by atoms with E-state index in [1.807, 2.05) is 0 Å². The molecule has 1 N–H and O–H groups in total. The molecule has 0 aliphatic heterocycles. The third-order valence-electron chi connectivity index (χ3n) is 9.13. The molecule has 0 fully saturated rings. The van der Waals surface area contributed by atoms with Gasteiger partial charge in [0.1, 0.15) is 0 Å². The maximum absolute atomic E-state index is 3.83. The Bertz CT molecular complexity index is 2100. The van der Waals surface area contributed by atoms with Crippen LogP contribution in [0.25, 0.3) is 66.7 Å². The van der Waals surface area contributed by atoms with Gasteiger partial charge in [0, 0.05) is 44.0 Å². The van der Waals surface area contributed by atoms with E-state index in [2.05, 4.69) is 138 Å². The van der Waals surface area contributed by atoms with E-state index in [1.165, 1.54) is 77.5 Å². The average Bonchev–Trinajstić information content (AvgIpc) is 3.61. The molecule has 2 aromatic heterocycles. The summed E-state index contributed by atoms with van der Waals surface area (Å²) in [6.07, 6.45) is 5.66. The molecular formula is C37H26N2. The van der Waals surface area contributed by atoms with Gasteiger partial charge in [0.05, 0.1) is 11.0 Å². The van der Waals surface area contributed by atoms with Gasteiger partial charge in [-0.25, -0.2) is 0 Å². The van der Waals surface area contributed by atoms with Crippen LogP contribution >= 0.6 is 0 Å². The molecule has 2 heteroatoms. The monoisotopic (exact) mass is 498 g/mol. The number of benzene rings is 5. The van der Waals surface area contributed by atoms with Gasteiger partial charge in [0.15, 0.2) is 0 Å². The van der Waals surface area contributed by atoms with E-state index in [9.17, 15) is 0 Å². The fourth-order valence-electron chi connectivity index (χ4n) is 7.35. The van der Waals surface area contributed by atoms with Crippen molar-refractivity contribution in [1.29, 1.82) is 0 Å². The number of rotatable bonds is 2. The molecule has 7 aromatic rings. The largest absolute Gasteiger partial charge is 0.357 e. The van der Waals surface area contributed by atoms with E-state index in [1.54, 1.807) is 0 Å². The summed E-state index contributed by atoms with van der Waals surface area (Å²) in [5, 5.41) is 3.90. The highest BCUT2D eigenvalue weighted by atomic mass is 15.0. The number of nitrogens with zero attached hydrogens (tertiary/aromatic N) is 1. The normalized spacial score (nSPS) is 17.3. The minimum Gasteiger partial charge on any atom is -0.357 e. The first-order valence-electron chi connectivity index (χ1n) is 13.8. The lowest BCUT2D eigenvalue weighted by Gasteiger charge is -2.29. The molecule has 184 valence electrons. The molecule has 2 aliphatic rings. The molecule has 1 atom stereocenters. The zero-order chi connectivity index (χ0) is 25.7. The van der Waals surface area contributed by atoms with Crippen LogP contribution in [0.2, 0.25) is 0 Å². The lowest BCUT2D eigenvalue weighted by Crippen LogP contribution is -2.23. The number of allylic oxidation sites excluding steroid dienone is 1. The first-order chi connectivity index (χ1) is 19.2. The Hall–Kier alpha value is -4.82. The second-order valence-electron chi connectivity index (χ2n) is 11.3. The maximum Gasteiger partial charge on any atom is 0.0541 e. The highest BCUT2D eigenvalue weighted by Crippen LogP contribution is 2.56. The average molecular weight is 499 g/mol. The zero-order valence-electron chi connectivity index (χ0n) is 21.7. The van der Waals surface area contributed by atoms with Crippen LogP contribution in [-0.2, 0) is 5.41 Å². The Kier molecular flexibility index (Phi) is 4.01. The summed E-state index contributed by atoms with van der Waals surface area (Å²) >= 11 is 0. The topological polar surface area (TPSA) is 20.7 Å². The van der Waals surface area contributed by atoms with E-state index < -0.39 is 0 Å². The lowest BCUT2D eigenvalue weighted by atomic mass is 9.75. The maximum atomic E-state index is 3.83. The fourth-order valence-corrected chi connectivity index (χ4v) is 7.35. The van der Waals surface area contributed by atoms with Crippen molar-refractivity contribution in [3.05, 3.63) is 132 Å². The van der Waals surface area contributed by atoms with Crippen LogP contribution in [0.15, 0.2) is 115 Å². The molecule has 0 saturated carbocycles. The quantitative estimate of drug-likeness (QED) is 0.245. The summed E-state index contributed by atoms with van der Waals surface area (Å²) in [5.74, 6) is 0. The lowest BCUT2D eigenvalue weighted by molar-refractivity contribution is 0.576. The predicted octanol–water partition coefficient (Wildman–Crippen LogP) is 9.64. The highest BCUT2D eigenvalue weighted by molar-refractivity contribution is 6.09. The first-order valence-corrected chi connectivity index (χ1v) is 13.8. The Morgan fingerprint density at radius 1 is 0.692 bits per heavy atom. The van der Waals surface area contributed by atoms with Crippen molar-refractivity contribution >= 4 is 38.8 Å². The summed E-state index contributed by atoms with van der Waals surface area (Å²) in [6.45, 7) is 2.40. The molecule has 1 unspecified atom stereocenters. The van der Waals surface area contributed by atoms with Gasteiger partial charge < -0.3 is 9.55 Å². The molecule has 39 heavy (non-hydrogen) atoms. The van der Waals surface area contributed by atoms with E-state index in [-0.39, 0.29) is 5.41 Å². The van der Waals surface area contributed by atoms with Gasteiger partial charge in [-0.05, 0) is 77.6 Å². The third-order valence-corrected chi connectivity index (χ3v) is 9.13.